The van der Waals surface area contributed by atoms with Gasteiger partial charge < -0.3 is 19.3 Å². The normalized spacial score (nSPS) is 15.4. The number of hydrogen-bond donors (Lipinski definition) is 0. The molecule has 3 aromatic carbocycles. The first-order valence-corrected chi connectivity index (χ1v) is 11.1. The zero-order chi connectivity index (χ0) is 24.6. The van der Waals surface area contributed by atoms with E-state index < -0.39 is 17.6 Å². The summed E-state index contributed by atoms with van der Waals surface area (Å²) in [6.07, 6.45) is -4.60. The van der Waals surface area contributed by atoms with E-state index in [9.17, 15) is 18.0 Å². The van der Waals surface area contributed by atoms with Crippen LogP contribution in [0.3, 0.4) is 0 Å². The van der Waals surface area contributed by atoms with Gasteiger partial charge in [0.15, 0.2) is 5.75 Å². The number of nitrogens with zero attached hydrogens (tertiary/aromatic N) is 3. The molecular weight excluding hydrogens is 459 g/mol. The van der Waals surface area contributed by atoms with Gasteiger partial charge in [0, 0.05) is 26.2 Å². The Bertz CT molecular complexity index is 1300. The monoisotopic (exact) mass is 481 g/mol. The van der Waals surface area contributed by atoms with E-state index in [2.05, 4.69) is 0 Å². The molecule has 1 amide bonds. The van der Waals surface area contributed by atoms with E-state index >= 15 is 0 Å². The molecule has 0 radical (unpaired) electrons. The number of amidine groups is 1. The molecule has 6 nitrogen and oxygen atoms in total. The fourth-order valence-electron chi connectivity index (χ4n) is 4.28. The van der Waals surface area contributed by atoms with Crippen LogP contribution in [0, 0.1) is 0 Å². The summed E-state index contributed by atoms with van der Waals surface area (Å²) >= 11 is 0. The Morgan fingerprint density at radius 3 is 2.40 bits per heavy atom. The molecule has 35 heavy (non-hydrogen) atoms. The number of ether oxygens (including phenoxy) is 2. The lowest BCUT2D eigenvalue weighted by Crippen LogP contribution is -2.51. The number of amides is 1. The standard InChI is InChI=1S/C26H22F3N3O3/c1-34-17-10-11-22-19(16-17)24(30-21-8-4-5-9-23(21)35-22)31-12-14-32(15-13-31)25(33)18-6-2-3-7-20(18)26(27,28)29/h2-11,16H,12-15H2,1H3. The molecule has 0 aliphatic carbocycles. The van der Waals surface area contributed by atoms with Gasteiger partial charge in [-0.05, 0) is 42.5 Å². The molecule has 5 rings (SSSR count). The van der Waals surface area contributed by atoms with Gasteiger partial charge in [0.25, 0.3) is 5.91 Å². The highest BCUT2D eigenvalue weighted by Crippen LogP contribution is 2.39. The van der Waals surface area contributed by atoms with Crippen molar-refractivity contribution in [3.63, 3.8) is 0 Å². The summed E-state index contributed by atoms with van der Waals surface area (Å²) in [6.45, 7) is 1.31. The summed E-state index contributed by atoms with van der Waals surface area (Å²) in [5, 5.41) is 0. The first-order valence-electron chi connectivity index (χ1n) is 11.1. The van der Waals surface area contributed by atoms with Gasteiger partial charge in [-0.25, -0.2) is 4.99 Å². The number of hydrogen-bond acceptors (Lipinski definition) is 5. The summed E-state index contributed by atoms with van der Waals surface area (Å²) in [6, 6.07) is 17.8. The van der Waals surface area contributed by atoms with Gasteiger partial charge in [0.1, 0.15) is 23.0 Å². The van der Waals surface area contributed by atoms with Crippen LogP contribution in [0.15, 0.2) is 71.7 Å². The lowest BCUT2D eigenvalue weighted by atomic mass is 10.1. The number of halogens is 3. The topological polar surface area (TPSA) is 54.4 Å². The minimum absolute atomic E-state index is 0.256. The highest BCUT2D eigenvalue weighted by atomic mass is 19.4. The lowest BCUT2D eigenvalue weighted by Gasteiger charge is -2.37. The Morgan fingerprint density at radius 2 is 1.66 bits per heavy atom. The molecule has 9 heteroatoms. The number of fused-ring (bicyclic) bond motifs is 2. The van der Waals surface area contributed by atoms with E-state index in [4.69, 9.17) is 14.5 Å². The van der Waals surface area contributed by atoms with Crippen molar-refractivity contribution in [2.75, 3.05) is 33.3 Å². The highest BCUT2D eigenvalue weighted by Gasteiger charge is 2.37. The van der Waals surface area contributed by atoms with Gasteiger partial charge >= 0.3 is 6.18 Å². The fourth-order valence-corrected chi connectivity index (χ4v) is 4.28. The van der Waals surface area contributed by atoms with Crippen LogP contribution in [0.25, 0.3) is 0 Å². The molecule has 180 valence electrons. The van der Waals surface area contributed by atoms with Crippen molar-refractivity contribution < 1.29 is 27.4 Å². The summed E-state index contributed by atoms with van der Waals surface area (Å²) in [7, 11) is 1.58. The van der Waals surface area contributed by atoms with Gasteiger partial charge in [0.2, 0.25) is 0 Å². The van der Waals surface area contributed by atoms with Crippen molar-refractivity contribution in [2.45, 2.75) is 6.18 Å². The van der Waals surface area contributed by atoms with Crippen molar-refractivity contribution in [2.24, 2.45) is 4.99 Å². The van der Waals surface area contributed by atoms with Crippen molar-refractivity contribution in [3.05, 3.63) is 83.4 Å². The second-order valence-corrected chi connectivity index (χ2v) is 8.19. The maximum atomic E-state index is 13.4. The molecule has 3 aromatic rings. The van der Waals surface area contributed by atoms with Crippen LogP contribution >= 0.6 is 0 Å². The second-order valence-electron chi connectivity index (χ2n) is 8.19. The average Bonchev–Trinajstić information content (AvgIpc) is 3.04. The highest BCUT2D eigenvalue weighted by molar-refractivity contribution is 6.04. The molecule has 0 saturated carbocycles. The summed E-state index contributed by atoms with van der Waals surface area (Å²) in [4.78, 5) is 21.3. The number of alkyl halides is 3. The molecule has 0 unspecified atom stereocenters. The summed E-state index contributed by atoms with van der Waals surface area (Å²) < 4.78 is 51.8. The third-order valence-corrected chi connectivity index (χ3v) is 6.07. The van der Waals surface area contributed by atoms with Gasteiger partial charge in [-0.1, -0.05) is 24.3 Å². The van der Waals surface area contributed by atoms with Crippen LogP contribution in [-0.4, -0.2) is 54.8 Å². The largest absolute Gasteiger partial charge is 0.497 e. The number of methoxy groups -OCH3 is 1. The number of para-hydroxylation sites is 2. The molecule has 2 aliphatic heterocycles. The number of carbonyl (C=O) groups excluding carboxylic acids is 1. The Kier molecular flexibility index (Phi) is 5.84. The molecule has 0 atom stereocenters. The predicted molar refractivity (Wildman–Crippen MR) is 125 cm³/mol. The SMILES string of the molecule is COc1ccc2c(c1)C(N1CCN(C(=O)c3ccccc3C(F)(F)F)CC1)=Nc1ccccc1O2. The molecule has 0 aromatic heterocycles. The first kappa shape index (κ1) is 22.8. The molecule has 1 fully saturated rings. The Labute approximate surface area is 200 Å². The molecule has 1 saturated heterocycles. The average molecular weight is 481 g/mol. The summed E-state index contributed by atoms with van der Waals surface area (Å²) in [5.41, 5.74) is 0.144. The molecule has 0 N–H and O–H groups in total. The maximum absolute atomic E-state index is 13.4. The molecule has 0 spiro atoms. The van der Waals surface area contributed by atoms with Gasteiger partial charge in [-0.15, -0.1) is 0 Å². The minimum Gasteiger partial charge on any atom is -0.497 e. The lowest BCUT2D eigenvalue weighted by molar-refractivity contribution is -0.138. The fraction of sp³-hybridized carbons (Fsp3) is 0.231. The number of aliphatic imine (C=N–C) groups is 1. The first-order chi connectivity index (χ1) is 16.8. The summed E-state index contributed by atoms with van der Waals surface area (Å²) in [5.74, 6) is 1.91. The predicted octanol–water partition coefficient (Wildman–Crippen LogP) is 5.36. The van der Waals surface area contributed by atoms with Crippen LogP contribution in [0.1, 0.15) is 21.5 Å². The Hall–Kier alpha value is -4.01. The van der Waals surface area contributed by atoms with Gasteiger partial charge in [-0.2, -0.15) is 13.2 Å². The quantitative estimate of drug-likeness (QED) is 0.495. The third-order valence-electron chi connectivity index (χ3n) is 6.07. The smallest absolute Gasteiger partial charge is 0.417 e. The minimum atomic E-state index is -4.60. The number of rotatable bonds is 2. The van der Waals surface area contributed by atoms with E-state index in [0.29, 0.717) is 41.9 Å². The Morgan fingerprint density at radius 1 is 0.943 bits per heavy atom. The van der Waals surface area contributed by atoms with E-state index in [1.807, 2.05) is 41.3 Å². The second kappa shape index (κ2) is 8.98. The number of piperazine rings is 1. The van der Waals surface area contributed by atoms with Crippen LogP contribution in [0.5, 0.6) is 17.2 Å². The van der Waals surface area contributed by atoms with Crippen molar-refractivity contribution >= 4 is 17.4 Å². The van der Waals surface area contributed by atoms with Crippen LogP contribution in [0.2, 0.25) is 0 Å². The van der Waals surface area contributed by atoms with Crippen LogP contribution in [-0.2, 0) is 6.18 Å². The number of carbonyl (C=O) groups is 1. The van der Waals surface area contributed by atoms with E-state index in [-0.39, 0.29) is 18.7 Å². The molecule has 2 heterocycles. The third kappa shape index (κ3) is 4.41. The van der Waals surface area contributed by atoms with E-state index in [0.717, 1.165) is 11.6 Å². The zero-order valence-corrected chi connectivity index (χ0v) is 18.9. The zero-order valence-electron chi connectivity index (χ0n) is 18.9. The van der Waals surface area contributed by atoms with E-state index in [1.165, 1.54) is 23.1 Å². The van der Waals surface area contributed by atoms with E-state index in [1.54, 1.807) is 13.2 Å². The Balaban J connectivity index is 1.42. The van der Waals surface area contributed by atoms with Crippen molar-refractivity contribution in [1.29, 1.82) is 0 Å². The van der Waals surface area contributed by atoms with Gasteiger partial charge in [0.05, 0.1) is 23.8 Å². The number of benzene rings is 3. The molecule has 0 bridgehead atoms. The molecular formula is C26H22F3N3O3. The van der Waals surface area contributed by atoms with Crippen molar-refractivity contribution in [3.8, 4) is 17.2 Å². The molecule has 2 aliphatic rings. The van der Waals surface area contributed by atoms with Gasteiger partial charge in [-0.3, -0.25) is 4.79 Å². The van der Waals surface area contributed by atoms with Crippen molar-refractivity contribution in [1.82, 2.24) is 9.80 Å². The van der Waals surface area contributed by atoms with Crippen LogP contribution < -0.4 is 9.47 Å². The van der Waals surface area contributed by atoms with Crippen LogP contribution in [0.4, 0.5) is 18.9 Å². The maximum Gasteiger partial charge on any atom is 0.417 e.